The normalized spacial score (nSPS) is 11.9. The molecule has 0 saturated carbocycles. The molecule has 4 rings (SSSR count). The van der Waals surface area contributed by atoms with Crippen molar-refractivity contribution >= 4 is 58.9 Å². The van der Waals surface area contributed by atoms with Crippen LogP contribution in [0.3, 0.4) is 0 Å². The zero-order valence-corrected chi connectivity index (χ0v) is 28.2. The molecule has 3 aromatic rings. The Morgan fingerprint density at radius 1 is 0.889 bits per heavy atom. The molecule has 1 heterocycles. The number of halogens is 3. The first-order valence-electron chi connectivity index (χ1n) is 14.3. The van der Waals surface area contributed by atoms with Crippen molar-refractivity contribution in [2.24, 2.45) is 5.92 Å². The number of aryl methyl sites for hydroxylation is 1. The Morgan fingerprint density at radius 3 is 2.02 bits per heavy atom. The van der Waals surface area contributed by atoms with Gasteiger partial charge in [-0.1, -0.05) is 81.4 Å². The summed E-state index contributed by atoms with van der Waals surface area (Å²) < 4.78 is 0. The summed E-state index contributed by atoms with van der Waals surface area (Å²) in [5.41, 5.74) is 2.09. The van der Waals surface area contributed by atoms with Crippen LogP contribution in [0, 0.1) is 5.92 Å². The molecule has 0 radical (unpaired) electrons. The van der Waals surface area contributed by atoms with Gasteiger partial charge in [0.15, 0.2) is 12.1 Å². The zero-order chi connectivity index (χ0) is 33.1. The minimum atomic E-state index is -0.656. The summed E-state index contributed by atoms with van der Waals surface area (Å²) in [7, 11) is 1.33. The number of alkyl halides is 2. The van der Waals surface area contributed by atoms with Gasteiger partial charge in [0.25, 0.3) is 5.91 Å². The van der Waals surface area contributed by atoms with Crippen LogP contribution >= 0.6 is 34.8 Å². The number of carbonyl (C=O) groups is 4. The predicted octanol–water partition coefficient (Wildman–Crippen LogP) is 9.22. The van der Waals surface area contributed by atoms with Crippen molar-refractivity contribution in [1.29, 1.82) is 0 Å². The highest BCUT2D eigenvalue weighted by atomic mass is 35.5. The van der Waals surface area contributed by atoms with Crippen LogP contribution in [0.2, 0.25) is 5.02 Å². The average molecular weight is 680 g/mol. The second kappa shape index (κ2) is 23.0. The van der Waals surface area contributed by atoms with Crippen molar-refractivity contribution in [3.8, 4) is 0 Å². The summed E-state index contributed by atoms with van der Waals surface area (Å²) in [4.78, 5) is 57.0. The summed E-state index contributed by atoms with van der Waals surface area (Å²) in [6.45, 7) is 5.09. The number of amides is 2. The van der Waals surface area contributed by atoms with E-state index in [0.717, 1.165) is 35.8 Å². The Bertz CT molecular complexity index is 1310. The molecular weight excluding hydrogens is 635 g/mol. The topological polar surface area (TPSA) is 84.0 Å². The molecule has 0 N–H and O–H groups in total. The highest BCUT2D eigenvalue weighted by molar-refractivity contribution is 6.30. The smallest absolute Gasteiger partial charge is 0.319 e. The molecule has 2 amide bonds. The lowest BCUT2D eigenvalue weighted by Gasteiger charge is -2.32. The van der Waals surface area contributed by atoms with Gasteiger partial charge in [0.05, 0.1) is 5.56 Å². The van der Waals surface area contributed by atoms with E-state index in [9.17, 15) is 19.2 Å². The molecule has 0 atom stereocenters. The van der Waals surface area contributed by atoms with Crippen molar-refractivity contribution in [3.63, 3.8) is 0 Å². The van der Waals surface area contributed by atoms with Gasteiger partial charge in [-0.25, -0.2) is 4.79 Å². The second-order valence-corrected chi connectivity index (χ2v) is 9.81. The average Bonchev–Trinajstić information content (AvgIpc) is 3.10. The maximum atomic E-state index is 13.0. The molecule has 0 aliphatic carbocycles. The first-order chi connectivity index (χ1) is 21.4. The fraction of sp³-hybridized carbons (Fsp3) is 0.371. The van der Waals surface area contributed by atoms with E-state index < -0.39 is 12.0 Å². The van der Waals surface area contributed by atoms with Crippen molar-refractivity contribution < 1.29 is 24.0 Å². The van der Waals surface area contributed by atoms with E-state index in [0.29, 0.717) is 30.9 Å². The van der Waals surface area contributed by atoms with Gasteiger partial charge in [0, 0.05) is 54.6 Å². The second-order valence-electron chi connectivity index (χ2n) is 9.37. The van der Waals surface area contributed by atoms with Gasteiger partial charge < -0.3 is 9.74 Å². The maximum absolute atomic E-state index is 13.0. The molecule has 1 aliphatic heterocycles. The number of piperidine rings is 1. The maximum Gasteiger partial charge on any atom is 0.434 e. The van der Waals surface area contributed by atoms with Crippen LogP contribution < -0.4 is 0 Å². The molecule has 3 aromatic carbocycles. The van der Waals surface area contributed by atoms with Gasteiger partial charge in [-0.3, -0.25) is 14.4 Å². The van der Waals surface area contributed by atoms with Crippen LogP contribution in [0.15, 0.2) is 72.8 Å². The fourth-order valence-corrected chi connectivity index (χ4v) is 4.69. The van der Waals surface area contributed by atoms with Crippen LogP contribution in [0.4, 0.5) is 4.79 Å². The fourth-order valence-electron chi connectivity index (χ4n) is 4.56. The Hall–Kier alpha value is -3.39. The van der Waals surface area contributed by atoms with E-state index in [1.54, 1.807) is 35.2 Å². The van der Waals surface area contributed by atoms with Crippen molar-refractivity contribution in [2.45, 2.75) is 47.0 Å². The predicted molar refractivity (Wildman–Crippen MR) is 186 cm³/mol. The molecule has 7 nitrogen and oxygen atoms in total. The minimum Gasteiger partial charge on any atom is -0.319 e. The Kier molecular flexibility index (Phi) is 21.3. The van der Waals surface area contributed by atoms with E-state index in [1.165, 1.54) is 43.6 Å². The van der Waals surface area contributed by atoms with Gasteiger partial charge in [-0.05, 0) is 61.4 Å². The van der Waals surface area contributed by atoms with Gasteiger partial charge in [0.2, 0.25) is 0 Å². The van der Waals surface area contributed by atoms with Crippen LogP contribution in [0.1, 0.15) is 82.7 Å². The number of aldehydes is 1. The van der Waals surface area contributed by atoms with Crippen LogP contribution in [0.5, 0.6) is 0 Å². The van der Waals surface area contributed by atoms with Gasteiger partial charge >= 0.3 is 6.09 Å². The van der Waals surface area contributed by atoms with E-state index in [-0.39, 0.29) is 29.9 Å². The number of ketones is 1. The highest BCUT2D eigenvalue weighted by Crippen LogP contribution is 2.24. The highest BCUT2D eigenvalue weighted by Gasteiger charge is 2.27. The third kappa shape index (κ3) is 12.9. The lowest BCUT2D eigenvalue weighted by atomic mass is 9.91. The van der Waals surface area contributed by atoms with Crippen LogP contribution in [-0.2, 0) is 11.3 Å². The molecule has 10 heteroatoms. The summed E-state index contributed by atoms with van der Waals surface area (Å²) in [5, 5.41) is 1.55. The summed E-state index contributed by atoms with van der Waals surface area (Å²) in [6, 6.07) is 20.8. The SMILES string of the molecule is C.CC.CCl.CCl.CN(OC(=O)N1CCC(CCc2ccc(Cl)cc2)CC1)C(=O)c1ccc(C(=O)c2ccccc2)cc1C=O. The number of hydrogen-bond acceptors (Lipinski definition) is 5. The molecule has 0 unspecified atom stereocenters. The molecule has 1 aliphatic rings. The van der Waals surface area contributed by atoms with E-state index in [4.69, 9.17) is 16.4 Å². The first kappa shape index (κ1) is 41.6. The molecule has 0 spiro atoms. The zero-order valence-electron chi connectivity index (χ0n) is 25.9. The van der Waals surface area contributed by atoms with Crippen LogP contribution in [0.25, 0.3) is 0 Å². The largest absolute Gasteiger partial charge is 0.434 e. The number of nitrogens with zero attached hydrogens (tertiary/aromatic N) is 2. The first-order valence-corrected chi connectivity index (χ1v) is 16.2. The van der Waals surface area contributed by atoms with Crippen LogP contribution in [-0.4, -0.2) is 66.9 Å². The Morgan fingerprint density at radius 2 is 1.47 bits per heavy atom. The summed E-state index contributed by atoms with van der Waals surface area (Å²) >= 11 is 15.2. The summed E-state index contributed by atoms with van der Waals surface area (Å²) in [5.74, 6) is -0.414. The third-order valence-corrected chi connectivity index (χ3v) is 7.09. The molecule has 0 bridgehead atoms. The number of rotatable bonds is 7. The minimum absolute atomic E-state index is 0. The molecular formula is C35H45Cl3N2O5. The quantitative estimate of drug-likeness (QED) is 0.108. The van der Waals surface area contributed by atoms with E-state index in [1.807, 2.05) is 38.1 Å². The van der Waals surface area contributed by atoms with Gasteiger partial charge in [0.1, 0.15) is 0 Å². The number of hydrogen-bond donors (Lipinski definition) is 0. The third-order valence-electron chi connectivity index (χ3n) is 6.84. The lowest BCUT2D eigenvalue weighted by molar-refractivity contribution is -0.0678. The number of hydroxylamine groups is 2. The monoisotopic (exact) mass is 678 g/mol. The molecule has 1 saturated heterocycles. The molecule has 0 aromatic heterocycles. The molecule has 45 heavy (non-hydrogen) atoms. The number of carbonyl (C=O) groups excluding carboxylic acids is 4. The Balaban J connectivity index is 0.00000261. The van der Waals surface area contributed by atoms with Gasteiger partial charge in [-0.15, -0.1) is 23.2 Å². The van der Waals surface area contributed by atoms with Crippen molar-refractivity contribution in [1.82, 2.24) is 9.96 Å². The van der Waals surface area contributed by atoms with E-state index >= 15 is 0 Å². The Labute approximate surface area is 283 Å². The van der Waals surface area contributed by atoms with Crippen molar-refractivity contribution in [3.05, 3.63) is 106 Å². The number of likely N-dealkylation sites (tertiary alicyclic amines) is 1. The van der Waals surface area contributed by atoms with Crippen molar-refractivity contribution in [2.75, 3.05) is 32.9 Å². The molecule has 246 valence electrons. The summed E-state index contributed by atoms with van der Waals surface area (Å²) in [6.07, 6.45) is 6.54. The van der Waals surface area contributed by atoms with Gasteiger partial charge in [-0.2, -0.15) is 5.06 Å². The van der Waals surface area contributed by atoms with E-state index in [2.05, 4.69) is 23.2 Å². The lowest BCUT2D eigenvalue weighted by Crippen LogP contribution is -2.42. The standard InChI is InChI=1S/C30H29ClN2O5.C2H6.2CH3Cl.CH4/c1-32(29(36)27-14-11-24(19-25(27)20-34)28(35)23-5-3-2-4-6-23)38-30(37)33-17-15-22(16-18-33)8-7-21-9-12-26(31)13-10-21;3*1-2;/h2-6,9-14,19-20,22H,7-8,15-18H2,1H3;1-2H3;2*1H3;1H4. The number of benzene rings is 3. The molecule has 1 fully saturated rings.